The Bertz CT molecular complexity index is 1630. The Labute approximate surface area is 269 Å². The summed E-state index contributed by atoms with van der Waals surface area (Å²) < 4.78 is 16.6. The van der Waals surface area contributed by atoms with Gasteiger partial charge in [0.1, 0.15) is 23.7 Å². The van der Waals surface area contributed by atoms with Gasteiger partial charge in [-0.05, 0) is 42.2 Å². The zero-order chi connectivity index (χ0) is 34.0. The smallest absolute Gasteiger partial charge is 0.477 e. The number of rotatable bonds is 17. The van der Waals surface area contributed by atoms with Gasteiger partial charge in [0.25, 0.3) is 0 Å². The highest BCUT2D eigenvalue weighted by molar-refractivity contribution is 5.87. The van der Waals surface area contributed by atoms with Crippen LogP contribution in [0.25, 0.3) is 22.5 Å². The molecule has 0 aliphatic heterocycles. The van der Waals surface area contributed by atoms with Crippen LogP contribution in [-0.2, 0) is 44.3 Å². The van der Waals surface area contributed by atoms with Crippen molar-refractivity contribution in [1.82, 2.24) is 35.1 Å². The Balaban J connectivity index is 1.41. The van der Waals surface area contributed by atoms with E-state index in [1.807, 2.05) is 55.5 Å². The number of ether oxygens (including phenoxy) is 3. The summed E-state index contributed by atoms with van der Waals surface area (Å²) in [6.07, 6.45) is 0.355. The standard InChI is InChI=1S/C30H37N7O10/c1-4-7-24-31-26(30(2,3)41)25(28(38)39)35(24)18-20-10-12-21(13-11-20)22-8-5-6-9-23(22)27-32-34-36(33-27)19-46-29(40)45-16-14-44-15-17-47-37(42)43/h5-6,8-13,41-43H,4,7,14-19H2,1-3H3,(H,38,39). The second-order valence-corrected chi connectivity index (χ2v) is 10.7. The predicted molar refractivity (Wildman–Crippen MR) is 161 cm³/mol. The van der Waals surface area contributed by atoms with E-state index in [9.17, 15) is 19.8 Å². The van der Waals surface area contributed by atoms with Gasteiger partial charge in [-0.1, -0.05) is 55.5 Å². The normalized spacial score (nSPS) is 11.6. The lowest BCUT2D eigenvalue weighted by Gasteiger charge is -2.16. The van der Waals surface area contributed by atoms with Crippen molar-refractivity contribution in [2.75, 3.05) is 26.4 Å². The molecule has 0 aliphatic rings. The van der Waals surface area contributed by atoms with Crippen LogP contribution in [0, 0.1) is 0 Å². The third kappa shape index (κ3) is 9.61. The first-order chi connectivity index (χ1) is 22.5. The molecule has 0 unspecified atom stereocenters. The fourth-order valence-corrected chi connectivity index (χ4v) is 4.65. The highest BCUT2D eigenvalue weighted by Crippen LogP contribution is 2.31. The number of carbonyl (C=O) groups excluding carboxylic acids is 1. The molecule has 0 radical (unpaired) electrons. The molecule has 17 nitrogen and oxygen atoms in total. The van der Waals surface area contributed by atoms with E-state index in [0.717, 1.165) is 27.9 Å². The summed E-state index contributed by atoms with van der Waals surface area (Å²) in [5.74, 6) is -0.258. The van der Waals surface area contributed by atoms with Gasteiger partial charge in [0.05, 0.1) is 25.2 Å². The summed E-state index contributed by atoms with van der Waals surface area (Å²) in [6, 6.07) is 15.1. The molecule has 2 aromatic heterocycles. The van der Waals surface area contributed by atoms with Crippen molar-refractivity contribution < 1.29 is 49.3 Å². The number of aliphatic hydroxyl groups is 1. The average Bonchev–Trinajstić information content (AvgIpc) is 3.65. The molecule has 4 aromatic rings. The Morgan fingerprint density at radius 2 is 1.66 bits per heavy atom. The number of carbonyl (C=O) groups is 2. The summed E-state index contributed by atoms with van der Waals surface area (Å²) in [5, 5.41) is 49.4. The van der Waals surface area contributed by atoms with E-state index in [4.69, 9.17) is 24.6 Å². The second kappa shape index (κ2) is 16.2. The maximum Gasteiger partial charge on any atom is 0.510 e. The molecule has 0 spiro atoms. The minimum absolute atomic E-state index is 0.0301. The largest absolute Gasteiger partial charge is 0.510 e. The van der Waals surface area contributed by atoms with E-state index in [-0.39, 0.29) is 51.1 Å². The maximum absolute atomic E-state index is 12.2. The van der Waals surface area contributed by atoms with E-state index in [1.165, 1.54) is 13.8 Å². The van der Waals surface area contributed by atoms with Crippen LogP contribution in [0.3, 0.4) is 0 Å². The first-order valence-corrected chi connectivity index (χ1v) is 14.7. The van der Waals surface area contributed by atoms with Gasteiger partial charge in [0, 0.05) is 18.5 Å². The quantitative estimate of drug-likeness (QED) is 0.0729. The van der Waals surface area contributed by atoms with Crippen LogP contribution < -0.4 is 0 Å². The lowest BCUT2D eigenvalue weighted by molar-refractivity contribution is -0.493. The molecule has 0 aliphatic carbocycles. The summed E-state index contributed by atoms with van der Waals surface area (Å²) in [6.45, 7) is 4.80. The number of hydrogen-bond donors (Lipinski definition) is 4. The van der Waals surface area contributed by atoms with Crippen molar-refractivity contribution in [1.29, 1.82) is 0 Å². The van der Waals surface area contributed by atoms with Crippen LogP contribution in [-0.4, -0.2) is 94.3 Å². The van der Waals surface area contributed by atoms with Gasteiger partial charge in [-0.25, -0.2) is 19.4 Å². The molecule has 17 heteroatoms. The molecule has 2 heterocycles. The van der Waals surface area contributed by atoms with Gasteiger partial charge in [-0.3, -0.25) is 10.4 Å². The van der Waals surface area contributed by atoms with Crippen LogP contribution in [0.15, 0.2) is 48.5 Å². The van der Waals surface area contributed by atoms with Crippen molar-refractivity contribution in [2.24, 2.45) is 0 Å². The molecular weight excluding hydrogens is 618 g/mol. The number of benzene rings is 2. The van der Waals surface area contributed by atoms with Crippen LogP contribution in [0.5, 0.6) is 0 Å². The van der Waals surface area contributed by atoms with Crippen molar-refractivity contribution in [3.8, 4) is 22.5 Å². The van der Waals surface area contributed by atoms with Gasteiger partial charge >= 0.3 is 12.1 Å². The molecule has 4 rings (SSSR count). The molecule has 0 atom stereocenters. The molecule has 0 amide bonds. The molecule has 4 N–H and O–H groups in total. The predicted octanol–water partition coefficient (Wildman–Crippen LogP) is 3.27. The monoisotopic (exact) mass is 655 g/mol. The molecule has 0 bridgehead atoms. The number of aryl methyl sites for hydroxylation is 1. The van der Waals surface area contributed by atoms with Crippen molar-refractivity contribution >= 4 is 12.1 Å². The summed E-state index contributed by atoms with van der Waals surface area (Å²) in [7, 11) is 0. The summed E-state index contributed by atoms with van der Waals surface area (Å²) in [5.41, 5.74) is 1.89. The second-order valence-electron chi connectivity index (χ2n) is 10.7. The Morgan fingerprint density at radius 3 is 2.32 bits per heavy atom. The van der Waals surface area contributed by atoms with Gasteiger partial charge in [0.15, 0.2) is 5.69 Å². The fraction of sp³-hybridized carbons (Fsp3) is 0.400. The number of hydrogen-bond acceptors (Lipinski definition) is 14. The lowest BCUT2D eigenvalue weighted by atomic mass is 9.98. The van der Waals surface area contributed by atoms with E-state index >= 15 is 0 Å². The van der Waals surface area contributed by atoms with Crippen LogP contribution in [0.4, 0.5) is 4.79 Å². The van der Waals surface area contributed by atoms with Crippen LogP contribution in [0.1, 0.15) is 54.8 Å². The van der Waals surface area contributed by atoms with Crippen molar-refractivity contribution in [2.45, 2.75) is 52.5 Å². The van der Waals surface area contributed by atoms with Gasteiger partial charge in [0.2, 0.25) is 12.6 Å². The average molecular weight is 656 g/mol. The SMILES string of the molecule is CCCc1nc(C(C)(C)O)c(C(=O)O)n1Cc1ccc(-c2ccccc2-c2nnn(COC(=O)OCCOCCON(O)O)n2)cc1. The number of tetrazole rings is 1. The van der Waals surface area contributed by atoms with Crippen LogP contribution >= 0.6 is 0 Å². The van der Waals surface area contributed by atoms with Crippen LogP contribution in [0.2, 0.25) is 0 Å². The minimum Gasteiger partial charge on any atom is -0.477 e. The van der Waals surface area contributed by atoms with E-state index in [2.05, 4.69) is 25.2 Å². The molecule has 0 saturated heterocycles. The summed E-state index contributed by atoms with van der Waals surface area (Å²) in [4.78, 5) is 34.0. The number of aromatic carboxylic acids is 1. The fourth-order valence-electron chi connectivity index (χ4n) is 4.65. The van der Waals surface area contributed by atoms with E-state index in [0.29, 0.717) is 23.6 Å². The topological polar surface area (TPSA) is 217 Å². The number of nitrogens with zero attached hydrogens (tertiary/aromatic N) is 7. The molecule has 252 valence electrons. The van der Waals surface area contributed by atoms with E-state index in [1.54, 1.807) is 4.57 Å². The molecule has 47 heavy (non-hydrogen) atoms. The van der Waals surface area contributed by atoms with Crippen molar-refractivity contribution in [3.05, 3.63) is 71.3 Å². The molecule has 0 fully saturated rings. The Morgan fingerprint density at radius 1 is 0.957 bits per heavy atom. The van der Waals surface area contributed by atoms with Gasteiger partial charge < -0.3 is 29.0 Å². The lowest BCUT2D eigenvalue weighted by Crippen LogP contribution is -2.22. The number of carboxylic acids is 1. The first-order valence-electron chi connectivity index (χ1n) is 14.7. The Hall–Kier alpha value is -4.78. The molecular formula is C30H37N7O10. The third-order valence-corrected chi connectivity index (χ3v) is 6.71. The molecule has 0 saturated carbocycles. The summed E-state index contributed by atoms with van der Waals surface area (Å²) >= 11 is 0. The zero-order valence-electron chi connectivity index (χ0n) is 26.1. The number of carboxylic acid groups (broad SMARTS) is 1. The van der Waals surface area contributed by atoms with Gasteiger partial charge in [-0.2, -0.15) is 0 Å². The minimum atomic E-state index is -1.42. The van der Waals surface area contributed by atoms with E-state index < -0.39 is 23.1 Å². The van der Waals surface area contributed by atoms with Crippen molar-refractivity contribution in [3.63, 3.8) is 0 Å². The Kier molecular flexibility index (Phi) is 12.1. The van der Waals surface area contributed by atoms with Gasteiger partial charge in [-0.15, -0.1) is 15.0 Å². The zero-order valence-corrected chi connectivity index (χ0v) is 26.1. The maximum atomic E-state index is 12.2. The highest BCUT2D eigenvalue weighted by Gasteiger charge is 2.31. The first kappa shape index (κ1) is 35.1. The number of aromatic nitrogens is 6. The number of imidazole rings is 1. The molecule has 2 aromatic carbocycles. The highest BCUT2D eigenvalue weighted by atomic mass is 17.1. The third-order valence-electron chi connectivity index (χ3n) is 6.71.